The van der Waals surface area contributed by atoms with Crippen LogP contribution in [0, 0.1) is 0 Å². The van der Waals surface area contributed by atoms with Crippen molar-refractivity contribution in [2.45, 2.75) is 13.2 Å². The Bertz CT molecular complexity index is 570. The zero-order chi connectivity index (χ0) is 13.7. The largest absolute Gasteiger partial charge is 0.392 e. The van der Waals surface area contributed by atoms with Gasteiger partial charge in [-0.1, -0.05) is 35.9 Å². The number of amides is 1. The summed E-state index contributed by atoms with van der Waals surface area (Å²) >= 11 is 5.66. The standard InChI is InChI=1S/C14H13ClN2O2/c15-13-5-4-12(8-16-13)14(19)17-7-10-2-1-3-11(6-10)9-18/h1-6,8,18H,7,9H2,(H,17,19). The van der Waals surface area contributed by atoms with E-state index in [4.69, 9.17) is 16.7 Å². The maximum absolute atomic E-state index is 11.8. The molecule has 1 amide bonds. The summed E-state index contributed by atoms with van der Waals surface area (Å²) in [6, 6.07) is 10.6. The van der Waals surface area contributed by atoms with E-state index in [9.17, 15) is 4.79 Å². The molecule has 0 atom stereocenters. The van der Waals surface area contributed by atoms with E-state index in [1.54, 1.807) is 12.1 Å². The van der Waals surface area contributed by atoms with Crippen molar-refractivity contribution in [2.75, 3.05) is 0 Å². The molecule has 0 bridgehead atoms. The highest BCUT2D eigenvalue weighted by Gasteiger charge is 2.05. The summed E-state index contributed by atoms with van der Waals surface area (Å²) in [5.74, 6) is -0.210. The second-order valence-electron chi connectivity index (χ2n) is 4.03. The average molecular weight is 277 g/mol. The number of carbonyl (C=O) groups excluding carboxylic acids is 1. The highest BCUT2D eigenvalue weighted by atomic mass is 35.5. The van der Waals surface area contributed by atoms with Crippen LogP contribution in [0.5, 0.6) is 0 Å². The Hall–Kier alpha value is -1.91. The van der Waals surface area contributed by atoms with Gasteiger partial charge in [-0.2, -0.15) is 0 Å². The highest BCUT2D eigenvalue weighted by molar-refractivity contribution is 6.29. The molecule has 0 aliphatic rings. The Balaban J connectivity index is 1.98. The number of aromatic nitrogens is 1. The number of rotatable bonds is 4. The van der Waals surface area contributed by atoms with Crippen LogP contribution < -0.4 is 5.32 Å². The third-order valence-electron chi connectivity index (χ3n) is 2.62. The number of hydrogen-bond acceptors (Lipinski definition) is 3. The molecule has 2 rings (SSSR count). The molecule has 1 aromatic heterocycles. The van der Waals surface area contributed by atoms with Crippen LogP contribution in [0.2, 0.25) is 5.15 Å². The fraction of sp³-hybridized carbons (Fsp3) is 0.143. The van der Waals surface area contributed by atoms with Crippen LogP contribution in [0.3, 0.4) is 0 Å². The lowest BCUT2D eigenvalue weighted by Gasteiger charge is -2.06. The molecular weight excluding hydrogens is 264 g/mol. The van der Waals surface area contributed by atoms with Crippen LogP contribution in [-0.2, 0) is 13.2 Å². The molecule has 0 saturated carbocycles. The maximum atomic E-state index is 11.8. The first-order valence-electron chi connectivity index (χ1n) is 5.77. The van der Waals surface area contributed by atoms with Gasteiger partial charge in [-0.3, -0.25) is 4.79 Å². The van der Waals surface area contributed by atoms with Crippen molar-refractivity contribution in [3.8, 4) is 0 Å². The fourth-order valence-electron chi connectivity index (χ4n) is 1.63. The molecule has 0 radical (unpaired) electrons. The van der Waals surface area contributed by atoms with Gasteiger partial charge in [0.1, 0.15) is 5.15 Å². The number of pyridine rings is 1. The van der Waals surface area contributed by atoms with Crippen molar-refractivity contribution in [1.29, 1.82) is 0 Å². The van der Waals surface area contributed by atoms with Crippen LogP contribution in [0.25, 0.3) is 0 Å². The molecule has 2 N–H and O–H groups in total. The molecule has 0 aliphatic heterocycles. The van der Waals surface area contributed by atoms with Crippen LogP contribution >= 0.6 is 11.6 Å². The zero-order valence-electron chi connectivity index (χ0n) is 10.1. The van der Waals surface area contributed by atoms with E-state index < -0.39 is 0 Å². The molecular formula is C14H13ClN2O2. The number of carbonyl (C=O) groups is 1. The van der Waals surface area contributed by atoms with Gasteiger partial charge >= 0.3 is 0 Å². The average Bonchev–Trinajstić information content (AvgIpc) is 2.46. The quantitative estimate of drug-likeness (QED) is 0.841. The summed E-state index contributed by atoms with van der Waals surface area (Å²) in [5.41, 5.74) is 2.21. The van der Waals surface area contributed by atoms with Gasteiger partial charge in [0.2, 0.25) is 0 Å². The first-order chi connectivity index (χ1) is 9.19. The number of nitrogens with zero attached hydrogens (tertiary/aromatic N) is 1. The molecule has 1 heterocycles. The Kier molecular flexibility index (Phi) is 4.49. The van der Waals surface area contributed by atoms with Crippen LogP contribution in [-0.4, -0.2) is 16.0 Å². The lowest BCUT2D eigenvalue weighted by atomic mass is 10.1. The van der Waals surface area contributed by atoms with Crippen molar-refractivity contribution >= 4 is 17.5 Å². The minimum Gasteiger partial charge on any atom is -0.392 e. The van der Waals surface area contributed by atoms with Gasteiger partial charge in [0.05, 0.1) is 12.2 Å². The maximum Gasteiger partial charge on any atom is 0.253 e. The van der Waals surface area contributed by atoms with Gasteiger partial charge in [-0.05, 0) is 23.3 Å². The first kappa shape index (κ1) is 13.5. The second-order valence-corrected chi connectivity index (χ2v) is 4.42. The summed E-state index contributed by atoms with van der Waals surface area (Å²) in [7, 11) is 0. The van der Waals surface area contributed by atoms with Crippen molar-refractivity contribution in [3.63, 3.8) is 0 Å². The molecule has 0 fully saturated rings. The van der Waals surface area contributed by atoms with Gasteiger partial charge in [-0.25, -0.2) is 4.98 Å². The van der Waals surface area contributed by atoms with E-state index in [0.717, 1.165) is 11.1 Å². The third kappa shape index (κ3) is 3.77. The lowest BCUT2D eigenvalue weighted by Crippen LogP contribution is -2.22. The number of aliphatic hydroxyl groups is 1. The third-order valence-corrected chi connectivity index (χ3v) is 2.84. The summed E-state index contributed by atoms with van der Waals surface area (Å²) in [5, 5.41) is 12.2. The molecule has 5 heteroatoms. The number of halogens is 1. The topological polar surface area (TPSA) is 62.2 Å². The Labute approximate surface area is 116 Å². The molecule has 98 valence electrons. The van der Waals surface area contributed by atoms with Gasteiger partial charge < -0.3 is 10.4 Å². The highest BCUT2D eigenvalue weighted by Crippen LogP contribution is 2.07. The van der Waals surface area contributed by atoms with E-state index in [1.165, 1.54) is 6.20 Å². The van der Waals surface area contributed by atoms with Crippen LogP contribution in [0.4, 0.5) is 0 Å². The van der Waals surface area contributed by atoms with E-state index >= 15 is 0 Å². The fourth-order valence-corrected chi connectivity index (χ4v) is 1.74. The number of hydrogen-bond donors (Lipinski definition) is 2. The van der Waals surface area contributed by atoms with Crippen molar-refractivity contribution in [1.82, 2.24) is 10.3 Å². The minimum atomic E-state index is -0.210. The van der Waals surface area contributed by atoms with E-state index in [2.05, 4.69) is 10.3 Å². The minimum absolute atomic E-state index is 0.0110. The molecule has 4 nitrogen and oxygen atoms in total. The number of aliphatic hydroxyl groups excluding tert-OH is 1. The smallest absolute Gasteiger partial charge is 0.253 e. The predicted octanol–water partition coefficient (Wildman–Crippen LogP) is 2.16. The van der Waals surface area contributed by atoms with Gasteiger partial charge in [-0.15, -0.1) is 0 Å². The van der Waals surface area contributed by atoms with Crippen molar-refractivity contribution < 1.29 is 9.90 Å². The summed E-state index contributed by atoms with van der Waals surface area (Å²) in [6.45, 7) is 0.387. The van der Waals surface area contributed by atoms with E-state index in [-0.39, 0.29) is 12.5 Å². The number of benzene rings is 1. The summed E-state index contributed by atoms with van der Waals surface area (Å²) < 4.78 is 0. The number of nitrogens with one attached hydrogen (secondary N) is 1. The van der Waals surface area contributed by atoms with E-state index in [0.29, 0.717) is 17.3 Å². The van der Waals surface area contributed by atoms with Crippen LogP contribution in [0.1, 0.15) is 21.5 Å². The second kappa shape index (κ2) is 6.31. The van der Waals surface area contributed by atoms with Gasteiger partial charge in [0.25, 0.3) is 5.91 Å². The van der Waals surface area contributed by atoms with Gasteiger partial charge in [0.15, 0.2) is 0 Å². The Morgan fingerprint density at radius 2 is 2.05 bits per heavy atom. The molecule has 1 aromatic carbocycles. The zero-order valence-corrected chi connectivity index (χ0v) is 10.9. The van der Waals surface area contributed by atoms with Crippen LogP contribution in [0.15, 0.2) is 42.6 Å². The normalized spacial score (nSPS) is 10.2. The molecule has 0 saturated heterocycles. The molecule has 2 aromatic rings. The molecule has 0 unspecified atom stereocenters. The molecule has 0 aliphatic carbocycles. The molecule has 19 heavy (non-hydrogen) atoms. The van der Waals surface area contributed by atoms with Crippen molar-refractivity contribution in [3.05, 3.63) is 64.4 Å². The SMILES string of the molecule is O=C(NCc1cccc(CO)c1)c1ccc(Cl)nc1. The summed E-state index contributed by atoms with van der Waals surface area (Å²) in [6.07, 6.45) is 1.43. The Morgan fingerprint density at radius 1 is 1.26 bits per heavy atom. The van der Waals surface area contributed by atoms with E-state index in [1.807, 2.05) is 24.3 Å². The van der Waals surface area contributed by atoms with Crippen molar-refractivity contribution in [2.24, 2.45) is 0 Å². The monoisotopic (exact) mass is 276 g/mol. The first-order valence-corrected chi connectivity index (χ1v) is 6.15. The Morgan fingerprint density at radius 3 is 2.74 bits per heavy atom. The predicted molar refractivity (Wildman–Crippen MR) is 72.8 cm³/mol. The van der Waals surface area contributed by atoms with Gasteiger partial charge in [0, 0.05) is 12.7 Å². The summed E-state index contributed by atoms with van der Waals surface area (Å²) in [4.78, 5) is 15.7. The molecule has 0 spiro atoms. The lowest BCUT2D eigenvalue weighted by molar-refractivity contribution is 0.0950.